The molecule has 2 N–H and O–H groups in total. The van der Waals surface area contributed by atoms with Crippen molar-refractivity contribution in [1.82, 2.24) is 5.32 Å². The van der Waals surface area contributed by atoms with Crippen molar-refractivity contribution in [3.8, 4) is 5.75 Å². The molecule has 0 amide bonds. The highest BCUT2D eigenvalue weighted by molar-refractivity contribution is 9.10. The Morgan fingerprint density at radius 1 is 1.26 bits per heavy atom. The van der Waals surface area contributed by atoms with Gasteiger partial charge in [-0.15, -0.1) is 0 Å². The normalized spacial score (nSPS) is 12.6. The first-order chi connectivity index (χ1) is 9.18. The second-order valence-corrected chi connectivity index (χ2v) is 5.29. The summed E-state index contributed by atoms with van der Waals surface area (Å²) < 4.78 is 6.72. The van der Waals surface area contributed by atoms with Gasteiger partial charge in [-0.25, -0.2) is 0 Å². The predicted octanol–water partition coefficient (Wildman–Crippen LogP) is 2.95. The minimum absolute atomic E-state index is 0.326. The summed E-state index contributed by atoms with van der Waals surface area (Å²) in [5.74, 6) is 0.845. The zero-order valence-corrected chi connectivity index (χ0v) is 12.5. The quantitative estimate of drug-likeness (QED) is 0.803. The maximum atomic E-state index is 9.12. The predicted molar refractivity (Wildman–Crippen MR) is 81.7 cm³/mol. The van der Waals surface area contributed by atoms with Crippen LogP contribution >= 0.6 is 15.9 Å². The number of rotatable bonds is 6. The van der Waals surface area contributed by atoms with Crippen LogP contribution in [0.5, 0.6) is 5.75 Å². The standard InChI is InChI=1S/C15H18BrNO2/c1-11(18)10-17-8-9-19-14-7-6-12-4-2-3-5-13(12)15(14)16/h2-7,11,17-18H,8-10H2,1H3. The fraction of sp³-hybridized carbons (Fsp3) is 0.333. The molecular formula is C15H18BrNO2. The first-order valence-electron chi connectivity index (χ1n) is 6.37. The smallest absolute Gasteiger partial charge is 0.134 e. The molecule has 0 aliphatic carbocycles. The summed E-state index contributed by atoms with van der Waals surface area (Å²) >= 11 is 3.59. The molecular weight excluding hydrogens is 306 g/mol. The topological polar surface area (TPSA) is 41.5 Å². The Bertz CT molecular complexity index is 543. The molecule has 102 valence electrons. The molecule has 0 aliphatic rings. The van der Waals surface area contributed by atoms with E-state index in [0.29, 0.717) is 19.7 Å². The van der Waals surface area contributed by atoms with E-state index in [4.69, 9.17) is 9.84 Å². The summed E-state index contributed by atoms with van der Waals surface area (Å²) in [6, 6.07) is 12.2. The Hall–Kier alpha value is -1.10. The number of fused-ring (bicyclic) bond motifs is 1. The molecule has 2 aromatic rings. The Morgan fingerprint density at radius 2 is 2.05 bits per heavy atom. The zero-order chi connectivity index (χ0) is 13.7. The Balaban J connectivity index is 1.96. The van der Waals surface area contributed by atoms with E-state index >= 15 is 0 Å². The lowest BCUT2D eigenvalue weighted by Crippen LogP contribution is -2.28. The number of ether oxygens (including phenoxy) is 1. The molecule has 19 heavy (non-hydrogen) atoms. The summed E-state index contributed by atoms with van der Waals surface area (Å²) in [5.41, 5.74) is 0. The van der Waals surface area contributed by atoms with Crippen LogP contribution in [0.1, 0.15) is 6.92 Å². The van der Waals surface area contributed by atoms with Crippen LogP contribution in [0.15, 0.2) is 40.9 Å². The molecule has 0 aliphatic heterocycles. The minimum atomic E-state index is -0.326. The van der Waals surface area contributed by atoms with Gasteiger partial charge < -0.3 is 15.2 Å². The molecule has 0 aromatic heterocycles. The molecule has 0 bridgehead atoms. The average Bonchev–Trinajstić information content (AvgIpc) is 2.41. The van der Waals surface area contributed by atoms with Gasteiger partial charge in [0.15, 0.2) is 0 Å². The number of nitrogens with one attached hydrogen (secondary N) is 1. The number of aliphatic hydroxyl groups is 1. The van der Waals surface area contributed by atoms with Gasteiger partial charge in [0.1, 0.15) is 12.4 Å². The number of aliphatic hydroxyl groups excluding tert-OH is 1. The van der Waals surface area contributed by atoms with Crippen molar-refractivity contribution in [1.29, 1.82) is 0 Å². The van der Waals surface area contributed by atoms with Gasteiger partial charge in [-0.05, 0) is 39.7 Å². The molecule has 0 fully saturated rings. The summed E-state index contributed by atoms with van der Waals surface area (Å²) in [7, 11) is 0. The SMILES string of the molecule is CC(O)CNCCOc1ccc2ccccc2c1Br. The van der Waals surface area contributed by atoms with Gasteiger partial charge in [0.25, 0.3) is 0 Å². The zero-order valence-electron chi connectivity index (χ0n) is 10.9. The van der Waals surface area contributed by atoms with E-state index in [1.165, 1.54) is 5.39 Å². The van der Waals surface area contributed by atoms with Crippen LogP contribution in [-0.2, 0) is 0 Å². The lowest BCUT2D eigenvalue weighted by atomic mass is 10.1. The second-order valence-electron chi connectivity index (χ2n) is 4.50. The summed E-state index contributed by atoms with van der Waals surface area (Å²) in [6.07, 6.45) is -0.326. The largest absolute Gasteiger partial charge is 0.491 e. The monoisotopic (exact) mass is 323 g/mol. The molecule has 4 heteroatoms. The first kappa shape index (κ1) is 14.3. The lowest BCUT2D eigenvalue weighted by molar-refractivity contribution is 0.188. The van der Waals surface area contributed by atoms with Gasteiger partial charge >= 0.3 is 0 Å². The molecule has 0 spiro atoms. The maximum Gasteiger partial charge on any atom is 0.134 e. The minimum Gasteiger partial charge on any atom is -0.491 e. The maximum absolute atomic E-state index is 9.12. The molecule has 1 atom stereocenters. The summed E-state index contributed by atoms with van der Waals surface area (Å²) in [6.45, 7) is 3.63. The van der Waals surface area contributed by atoms with Crippen molar-refractivity contribution in [2.75, 3.05) is 19.7 Å². The van der Waals surface area contributed by atoms with E-state index in [1.54, 1.807) is 6.92 Å². The molecule has 3 nitrogen and oxygen atoms in total. The van der Waals surface area contributed by atoms with Crippen molar-refractivity contribution in [2.24, 2.45) is 0 Å². The third-order valence-electron chi connectivity index (χ3n) is 2.80. The van der Waals surface area contributed by atoms with Crippen LogP contribution in [-0.4, -0.2) is 30.9 Å². The highest BCUT2D eigenvalue weighted by Crippen LogP contribution is 2.32. The van der Waals surface area contributed by atoms with Crippen LogP contribution in [0.2, 0.25) is 0 Å². The molecule has 1 unspecified atom stereocenters. The van der Waals surface area contributed by atoms with Crippen LogP contribution in [0.3, 0.4) is 0 Å². The highest BCUT2D eigenvalue weighted by Gasteiger charge is 2.05. The van der Waals surface area contributed by atoms with E-state index in [9.17, 15) is 0 Å². The fourth-order valence-corrected chi connectivity index (χ4v) is 2.48. The van der Waals surface area contributed by atoms with E-state index in [0.717, 1.165) is 15.6 Å². The van der Waals surface area contributed by atoms with Gasteiger partial charge in [0.2, 0.25) is 0 Å². The fourth-order valence-electron chi connectivity index (χ4n) is 1.87. The third-order valence-corrected chi connectivity index (χ3v) is 3.62. The Morgan fingerprint density at radius 3 is 2.84 bits per heavy atom. The van der Waals surface area contributed by atoms with Gasteiger partial charge in [-0.1, -0.05) is 30.3 Å². The van der Waals surface area contributed by atoms with Crippen LogP contribution in [0.25, 0.3) is 10.8 Å². The molecule has 2 aromatic carbocycles. The molecule has 2 rings (SSSR count). The molecule has 0 saturated carbocycles. The van der Waals surface area contributed by atoms with Crippen molar-refractivity contribution < 1.29 is 9.84 Å². The van der Waals surface area contributed by atoms with Crippen molar-refractivity contribution in [3.05, 3.63) is 40.9 Å². The van der Waals surface area contributed by atoms with Crippen LogP contribution in [0, 0.1) is 0 Å². The van der Waals surface area contributed by atoms with Crippen molar-refractivity contribution in [2.45, 2.75) is 13.0 Å². The third kappa shape index (κ3) is 3.93. The molecule has 0 radical (unpaired) electrons. The lowest BCUT2D eigenvalue weighted by Gasteiger charge is -2.11. The van der Waals surface area contributed by atoms with Gasteiger partial charge in [-0.3, -0.25) is 0 Å². The highest BCUT2D eigenvalue weighted by atomic mass is 79.9. The van der Waals surface area contributed by atoms with E-state index in [2.05, 4.69) is 39.4 Å². The van der Waals surface area contributed by atoms with Gasteiger partial charge in [0.05, 0.1) is 10.6 Å². The molecule has 0 heterocycles. The molecule has 0 saturated heterocycles. The van der Waals surface area contributed by atoms with E-state index < -0.39 is 0 Å². The van der Waals surface area contributed by atoms with Gasteiger partial charge in [0, 0.05) is 13.1 Å². The van der Waals surface area contributed by atoms with Crippen molar-refractivity contribution >= 4 is 26.7 Å². The summed E-state index contributed by atoms with van der Waals surface area (Å²) in [5, 5.41) is 14.6. The average molecular weight is 324 g/mol. The number of hydrogen-bond acceptors (Lipinski definition) is 3. The van der Waals surface area contributed by atoms with Crippen LogP contribution < -0.4 is 10.1 Å². The number of benzene rings is 2. The van der Waals surface area contributed by atoms with E-state index in [1.807, 2.05) is 18.2 Å². The van der Waals surface area contributed by atoms with E-state index in [-0.39, 0.29) is 6.10 Å². The first-order valence-corrected chi connectivity index (χ1v) is 7.16. The van der Waals surface area contributed by atoms with Gasteiger partial charge in [-0.2, -0.15) is 0 Å². The number of halogens is 1. The second kappa shape index (κ2) is 6.89. The number of hydrogen-bond donors (Lipinski definition) is 2. The van der Waals surface area contributed by atoms with Crippen LogP contribution in [0.4, 0.5) is 0 Å². The Labute approximate surface area is 121 Å². The Kier molecular flexibility index (Phi) is 5.19. The van der Waals surface area contributed by atoms with Crippen molar-refractivity contribution in [3.63, 3.8) is 0 Å². The summed E-state index contributed by atoms with van der Waals surface area (Å²) in [4.78, 5) is 0.